The van der Waals surface area contributed by atoms with Crippen molar-refractivity contribution < 1.29 is 30.6 Å². The van der Waals surface area contributed by atoms with Crippen LogP contribution < -0.4 is 23.9 Å². The second kappa shape index (κ2) is 12.7. The van der Waals surface area contributed by atoms with Crippen LogP contribution in [0.1, 0.15) is 81.1 Å². The number of sulfonamides is 1. The van der Waals surface area contributed by atoms with Gasteiger partial charge in [-0.1, -0.05) is 17.7 Å². The third-order valence-electron chi connectivity index (χ3n) is 12.5. The number of hydrogen-bond acceptors (Lipinski definition) is 12. The first-order valence-electron chi connectivity index (χ1n) is 19.0. The van der Waals surface area contributed by atoms with Gasteiger partial charge in [-0.15, -0.1) is 5.10 Å². The average molecular weight is 788 g/mol. The minimum absolute atomic E-state index is 0.0575. The Bertz CT molecular complexity index is 2390. The smallest absolute Gasteiger partial charge is 0.339 e. The van der Waals surface area contributed by atoms with Gasteiger partial charge in [0.2, 0.25) is 5.88 Å². The topological polar surface area (TPSA) is 175 Å². The zero-order valence-corrected chi connectivity index (χ0v) is 32.7. The van der Waals surface area contributed by atoms with Crippen LogP contribution in [0, 0.1) is 29.6 Å². The number of aromatic nitrogens is 4. The van der Waals surface area contributed by atoms with E-state index in [2.05, 4.69) is 38.9 Å². The summed E-state index contributed by atoms with van der Waals surface area (Å²) < 4.78 is 69.1. The van der Waals surface area contributed by atoms with Crippen molar-refractivity contribution in [3.8, 4) is 17.4 Å². The molecule has 290 valence electrons. The summed E-state index contributed by atoms with van der Waals surface area (Å²) >= 11 is 0. The highest BCUT2D eigenvalue weighted by atomic mass is 32.2. The second-order valence-electron chi connectivity index (χ2n) is 16.5. The van der Waals surface area contributed by atoms with E-state index < -0.39 is 36.6 Å². The van der Waals surface area contributed by atoms with Gasteiger partial charge in [0.25, 0.3) is 15.9 Å². The number of fused-ring (bicyclic) bond motifs is 7. The number of amides is 1. The summed E-state index contributed by atoms with van der Waals surface area (Å²) in [5.41, 5.74) is 1.81. The first-order valence-corrected chi connectivity index (χ1v) is 21.9. The maximum atomic E-state index is 14.0. The van der Waals surface area contributed by atoms with Crippen LogP contribution in [-0.4, -0.2) is 67.7 Å². The maximum absolute atomic E-state index is 14.0. The van der Waals surface area contributed by atoms with Gasteiger partial charge in [0, 0.05) is 30.9 Å². The number of nitrogens with one attached hydrogen (secondary N) is 2. The number of benzene rings is 1. The molecule has 3 aromatic heterocycles. The zero-order chi connectivity index (χ0) is 38.4. The van der Waals surface area contributed by atoms with E-state index in [0.29, 0.717) is 54.5 Å². The SMILES string of the molecule is Cc1ccc(S(=O)(=O)Oc2ccc3nc2NCCC[C@@H]2CN(c4nc(-n5ccc(OCCC6C7(CC7)C67CC7)n5)ccc4C(=O)NS3(=O)=O)C(C)(C)C2)cc1. The fourth-order valence-electron chi connectivity index (χ4n) is 9.52. The van der Waals surface area contributed by atoms with Gasteiger partial charge in [0.15, 0.2) is 22.4 Å². The summed E-state index contributed by atoms with van der Waals surface area (Å²) in [5.74, 6) is 1.20. The Balaban J connectivity index is 0.988. The monoisotopic (exact) mass is 787 g/mol. The van der Waals surface area contributed by atoms with Gasteiger partial charge in [0.1, 0.15) is 10.7 Å². The molecule has 9 rings (SSSR count). The highest BCUT2D eigenvalue weighted by molar-refractivity contribution is 7.90. The van der Waals surface area contributed by atoms with Crippen LogP contribution in [0.4, 0.5) is 11.6 Å². The van der Waals surface area contributed by atoms with Crippen molar-refractivity contribution >= 4 is 37.7 Å². The van der Waals surface area contributed by atoms with Gasteiger partial charge in [-0.3, -0.25) is 4.79 Å². The Kier molecular flexibility index (Phi) is 8.28. The molecule has 2 N–H and O–H groups in total. The molecule has 2 aliphatic heterocycles. The minimum Gasteiger partial charge on any atom is -0.477 e. The number of hydrogen-bond donors (Lipinski definition) is 2. The molecule has 1 aromatic carbocycles. The van der Waals surface area contributed by atoms with Crippen molar-refractivity contribution in [2.75, 3.05) is 29.9 Å². The number of anilines is 2. The van der Waals surface area contributed by atoms with Crippen molar-refractivity contribution in [3.05, 3.63) is 71.9 Å². The molecule has 1 atom stereocenters. The van der Waals surface area contributed by atoms with Gasteiger partial charge in [0.05, 0.1) is 12.2 Å². The predicted molar refractivity (Wildman–Crippen MR) is 203 cm³/mol. The zero-order valence-electron chi connectivity index (χ0n) is 31.1. The molecular formula is C39H45N7O7S2. The summed E-state index contributed by atoms with van der Waals surface area (Å²) in [7, 11) is -8.81. The van der Waals surface area contributed by atoms with Crippen LogP contribution >= 0.6 is 0 Å². The molecular weight excluding hydrogens is 743 g/mol. The van der Waals surface area contributed by atoms with Crippen LogP contribution in [0.5, 0.6) is 11.6 Å². The normalized spacial score (nSPS) is 22.9. The summed E-state index contributed by atoms with van der Waals surface area (Å²) in [6, 6.07) is 13.5. The molecule has 14 nitrogen and oxygen atoms in total. The maximum Gasteiger partial charge on any atom is 0.339 e. The standard InChI is InChI=1S/C39H45N7O7S2/c1-25-6-8-27(9-7-25)55(50,51)53-29-11-13-33-42-34(29)40-20-4-5-26-23-37(2,3)45(24-26)35-28(36(47)44-54(33,48)49)10-12-31(41-35)46-21-14-32(43-46)52-22-15-30-38(16-17-38)39(30)18-19-39/h6-14,21,26,30H,4-5,15-20,22-24H2,1-3H3,(H,40,42)(H,44,47)/t26-/m0/s1. The lowest BCUT2D eigenvalue weighted by Crippen LogP contribution is -2.41. The fourth-order valence-corrected chi connectivity index (χ4v) is 11.4. The molecule has 5 aliphatic rings. The molecule has 4 fully saturated rings. The van der Waals surface area contributed by atoms with Crippen molar-refractivity contribution in [2.45, 2.75) is 87.6 Å². The van der Waals surface area contributed by atoms with E-state index in [1.54, 1.807) is 35.1 Å². The van der Waals surface area contributed by atoms with Gasteiger partial charge in [-0.25, -0.2) is 19.4 Å². The molecule has 16 heteroatoms. The quantitative estimate of drug-likeness (QED) is 0.211. The van der Waals surface area contributed by atoms with Crippen molar-refractivity contribution in [1.29, 1.82) is 0 Å². The third kappa shape index (κ3) is 6.40. The molecule has 3 aliphatic carbocycles. The molecule has 3 saturated carbocycles. The molecule has 1 amide bonds. The van der Waals surface area contributed by atoms with Crippen LogP contribution in [0.25, 0.3) is 5.82 Å². The van der Waals surface area contributed by atoms with Crippen molar-refractivity contribution in [3.63, 3.8) is 0 Å². The molecule has 5 heterocycles. The molecule has 4 aromatic rings. The van der Waals surface area contributed by atoms with Crippen LogP contribution in [0.2, 0.25) is 0 Å². The highest BCUT2D eigenvalue weighted by Gasteiger charge is 2.85. The Morgan fingerprint density at radius 1 is 0.964 bits per heavy atom. The first-order chi connectivity index (χ1) is 26.2. The Morgan fingerprint density at radius 2 is 1.71 bits per heavy atom. The largest absolute Gasteiger partial charge is 0.477 e. The van der Waals surface area contributed by atoms with E-state index in [0.717, 1.165) is 36.8 Å². The number of pyridine rings is 2. The molecule has 55 heavy (non-hydrogen) atoms. The lowest BCUT2D eigenvalue weighted by molar-refractivity contribution is 0.0981. The lowest BCUT2D eigenvalue weighted by atomic mass is 9.93. The second-order valence-corrected chi connectivity index (χ2v) is 19.7. The summed E-state index contributed by atoms with van der Waals surface area (Å²) in [6.07, 6.45) is 10.6. The highest BCUT2D eigenvalue weighted by Crippen LogP contribution is 2.93. The predicted octanol–water partition coefficient (Wildman–Crippen LogP) is 5.63. The molecule has 4 bridgehead atoms. The van der Waals surface area contributed by atoms with E-state index in [1.807, 2.05) is 13.0 Å². The van der Waals surface area contributed by atoms with E-state index in [1.165, 1.54) is 43.9 Å². The number of rotatable bonds is 8. The first kappa shape index (κ1) is 36.0. The van der Waals surface area contributed by atoms with Gasteiger partial charge < -0.3 is 19.1 Å². The minimum atomic E-state index is -4.54. The number of ether oxygens (including phenoxy) is 1. The summed E-state index contributed by atoms with van der Waals surface area (Å²) in [6.45, 7) is 7.59. The Labute approximate surface area is 321 Å². The van der Waals surface area contributed by atoms with E-state index in [9.17, 15) is 21.6 Å². The Morgan fingerprint density at radius 3 is 2.44 bits per heavy atom. The van der Waals surface area contributed by atoms with Crippen LogP contribution in [0.3, 0.4) is 0 Å². The van der Waals surface area contributed by atoms with Gasteiger partial charge >= 0.3 is 10.1 Å². The van der Waals surface area contributed by atoms with Crippen molar-refractivity contribution in [1.82, 2.24) is 24.5 Å². The fraction of sp³-hybridized carbons (Fsp3) is 0.487. The van der Waals surface area contributed by atoms with Crippen LogP contribution in [-0.2, 0) is 20.1 Å². The average Bonchev–Trinajstić information content (AvgIpc) is 4.09. The van der Waals surface area contributed by atoms with Crippen LogP contribution in [0.15, 0.2) is 70.7 Å². The third-order valence-corrected chi connectivity index (χ3v) is 15.0. The Hall–Kier alpha value is -4.70. The number of nitrogens with zero attached hydrogens (tertiary/aromatic N) is 5. The van der Waals surface area contributed by atoms with E-state index in [4.69, 9.17) is 13.9 Å². The number of carbonyl (C=O) groups is 1. The molecule has 1 saturated heterocycles. The number of aryl methyl sites for hydroxylation is 1. The molecule has 0 radical (unpaired) electrons. The van der Waals surface area contributed by atoms with Crippen molar-refractivity contribution in [2.24, 2.45) is 22.7 Å². The summed E-state index contributed by atoms with van der Waals surface area (Å²) in [4.78, 5) is 25.2. The van der Waals surface area contributed by atoms with Gasteiger partial charge in [-0.05, 0) is 131 Å². The molecule has 2 spiro atoms. The van der Waals surface area contributed by atoms with E-state index in [-0.39, 0.29) is 27.9 Å². The lowest BCUT2D eigenvalue weighted by Gasteiger charge is -2.34. The molecule has 0 unspecified atom stereocenters. The van der Waals surface area contributed by atoms with Gasteiger partial charge in [-0.2, -0.15) is 16.8 Å². The number of carbonyl (C=O) groups excluding carboxylic acids is 1. The summed E-state index contributed by atoms with van der Waals surface area (Å²) in [5, 5.41) is 7.24. The van der Waals surface area contributed by atoms with E-state index >= 15 is 0 Å².